The molecule has 150 valence electrons. The standard InChI is InChI=1S/C22H23N3O4/c1-14-16(6-7-20(24-14)28-2)17-4-3-5-18-19(8-11-23-21(17)18)29-15-9-12-25(13-10-15)22(26)27/h3-8,11,15H,9-10,12-13H2,1-2H3,(H,26,27). The van der Waals surface area contributed by atoms with Gasteiger partial charge in [0.25, 0.3) is 0 Å². The molecule has 0 unspecified atom stereocenters. The fraction of sp³-hybridized carbons (Fsp3) is 0.318. The van der Waals surface area contributed by atoms with E-state index in [0.29, 0.717) is 31.8 Å². The maximum atomic E-state index is 11.1. The summed E-state index contributed by atoms with van der Waals surface area (Å²) in [4.78, 5) is 21.6. The first-order valence-corrected chi connectivity index (χ1v) is 9.61. The summed E-state index contributed by atoms with van der Waals surface area (Å²) in [6.07, 6.45) is 2.23. The zero-order valence-corrected chi connectivity index (χ0v) is 16.5. The van der Waals surface area contributed by atoms with Crippen molar-refractivity contribution in [1.82, 2.24) is 14.9 Å². The monoisotopic (exact) mass is 393 g/mol. The van der Waals surface area contributed by atoms with Crippen LogP contribution in [-0.2, 0) is 0 Å². The molecule has 0 saturated carbocycles. The maximum absolute atomic E-state index is 11.1. The highest BCUT2D eigenvalue weighted by atomic mass is 16.5. The molecule has 3 aromatic rings. The minimum absolute atomic E-state index is 0.00996. The first kappa shape index (κ1) is 19.0. The zero-order valence-electron chi connectivity index (χ0n) is 16.5. The number of hydrogen-bond acceptors (Lipinski definition) is 5. The Labute approximate surface area is 168 Å². The third kappa shape index (κ3) is 3.81. The lowest BCUT2D eigenvalue weighted by molar-refractivity contribution is 0.0902. The van der Waals surface area contributed by atoms with Crippen LogP contribution in [0.4, 0.5) is 4.79 Å². The smallest absolute Gasteiger partial charge is 0.407 e. The molecule has 7 heteroatoms. The van der Waals surface area contributed by atoms with E-state index in [2.05, 4.69) is 9.97 Å². The number of benzene rings is 1. The molecule has 0 bridgehead atoms. The molecular weight excluding hydrogens is 370 g/mol. The molecule has 1 aromatic carbocycles. The van der Waals surface area contributed by atoms with Crippen LogP contribution in [0.5, 0.6) is 11.6 Å². The largest absolute Gasteiger partial charge is 0.490 e. The number of amides is 1. The van der Waals surface area contributed by atoms with Crippen molar-refractivity contribution < 1.29 is 19.4 Å². The number of para-hydroxylation sites is 1. The predicted octanol–water partition coefficient (Wildman–Crippen LogP) is 4.14. The number of hydrogen-bond donors (Lipinski definition) is 1. The number of fused-ring (bicyclic) bond motifs is 1. The molecule has 1 N–H and O–H groups in total. The van der Waals surface area contributed by atoms with Crippen molar-refractivity contribution >= 4 is 17.0 Å². The summed E-state index contributed by atoms with van der Waals surface area (Å²) < 4.78 is 11.5. The van der Waals surface area contributed by atoms with Gasteiger partial charge in [-0.3, -0.25) is 4.98 Å². The fourth-order valence-electron chi connectivity index (χ4n) is 3.75. The van der Waals surface area contributed by atoms with Gasteiger partial charge >= 0.3 is 6.09 Å². The molecule has 0 spiro atoms. The number of rotatable bonds is 4. The van der Waals surface area contributed by atoms with Crippen molar-refractivity contribution in [3.63, 3.8) is 0 Å². The summed E-state index contributed by atoms with van der Waals surface area (Å²) in [6.45, 7) is 2.93. The van der Waals surface area contributed by atoms with Gasteiger partial charge in [-0.25, -0.2) is 9.78 Å². The number of pyridine rings is 2. The van der Waals surface area contributed by atoms with Crippen molar-refractivity contribution in [2.75, 3.05) is 20.2 Å². The van der Waals surface area contributed by atoms with E-state index in [1.54, 1.807) is 13.3 Å². The third-order valence-corrected chi connectivity index (χ3v) is 5.30. The summed E-state index contributed by atoms with van der Waals surface area (Å²) in [7, 11) is 1.60. The average Bonchev–Trinajstić information content (AvgIpc) is 2.74. The van der Waals surface area contributed by atoms with Crippen molar-refractivity contribution in [3.05, 3.63) is 48.3 Å². The van der Waals surface area contributed by atoms with Gasteiger partial charge in [-0.2, -0.15) is 0 Å². The Morgan fingerprint density at radius 1 is 1.14 bits per heavy atom. The Morgan fingerprint density at radius 2 is 1.93 bits per heavy atom. The van der Waals surface area contributed by atoms with E-state index in [0.717, 1.165) is 33.5 Å². The van der Waals surface area contributed by atoms with Crippen molar-refractivity contribution in [2.24, 2.45) is 0 Å². The molecular formula is C22H23N3O4. The van der Waals surface area contributed by atoms with Crippen molar-refractivity contribution in [3.8, 4) is 22.8 Å². The Morgan fingerprint density at radius 3 is 2.62 bits per heavy atom. The first-order valence-electron chi connectivity index (χ1n) is 9.61. The summed E-state index contributed by atoms with van der Waals surface area (Å²) in [6, 6.07) is 11.7. The molecule has 1 fully saturated rings. The van der Waals surface area contributed by atoms with Crippen LogP contribution in [0.15, 0.2) is 42.6 Å². The Bertz CT molecular complexity index is 1050. The molecule has 4 rings (SSSR count). The van der Waals surface area contributed by atoms with Gasteiger partial charge in [-0.1, -0.05) is 12.1 Å². The molecule has 1 saturated heterocycles. The first-order chi connectivity index (χ1) is 14.1. The average molecular weight is 393 g/mol. The van der Waals surface area contributed by atoms with E-state index in [1.165, 1.54) is 4.90 Å². The number of methoxy groups -OCH3 is 1. The highest BCUT2D eigenvalue weighted by molar-refractivity contribution is 5.97. The Hall–Kier alpha value is -3.35. The summed E-state index contributed by atoms with van der Waals surface area (Å²) in [5.74, 6) is 1.35. The van der Waals surface area contributed by atoms with Crippen LogP contribution in [0.2, 0.25) is 0 Å². The van der Waals surface area contributed by atoms with Crippen LogP contribution >= 0.6 is 0 Å². The second kappa shape index (κ2) is 7.95. The maximum Gasteiger partial charge on any atom is 0.407 e. The third-order valence-electron chi connectivity index (χ3n) is 5.30. The fourth-order valence-corrected chi connectivity index (χ4v) is 3.75. The van der Waals surface area contributed by atoms with Gasteiger partial charge in [-0.05, 0) is 25.1 Å². The zero-order chi connectivity index (χ0) is 20.4. The van der Waals surface area contributed by atoms with Gasteiger partial charge in [0, 0.05) is 60.4 Å². The molecule has 29 heavy (non-hydrogen) atoms. The van der Waals surface area contributed by atoms with E-state index >= 15 is 0 Å². The van der Waals surface area contributed by atoms with Gasteiger partial charge in [0.1, 0.15) is 11.9 Å². The van der Waals surface area contributed by atoms with Crippen LogP contribution in [0.3, 0.4) is 0 Å². The molecule has 2 aromatic heterocycles. The molecule has 0 radical (unpaired) electrons. The summed E-state index contributed by atoms with van der Waals surface area (Å²) in [5, 5.41) is 10.0. The molecule has 3 heterocycles. The highest BCUT2D eigenvalue weighted by Gasteiger charge is 2.24. The number of aromatic nitrogens is 2. The van der Waals surface area contributed by atoms with Gasteiger partial charge in [0.2, 0.25) is 5.88 Å². The van der Waals surface area contributed by atoms with Crippen LogP contribution < -0.4 is 9.47 Å². The Balaban J connectivity index is 1.65. The van der Waals surface area contributed by atoms with Crippen molar-refractivity contribution in [2.45, 2.75) is 25.9 Å². The number of ether oxygens (including phenoxy) is 2. The summed E-state index contributed by atoms with van der Waals surface area (Å²) >= 11 is 0. The molecule has 1 aliphatic heterocycles. The molecule has 1 amide bonds. The quantitative estimate of drug-likeness (QED) is 0.717. The molecule has 0 atom stereocenters. The van der Waals surface area contributed by atoms with Crippen LogP contribution in [0, 0.1) is 6.92 Å². The van der Waals surface area contributed by atoms with Crippen LogP contribution in [0.1, 0.15) is 18.5 Å². The van der Waals surface area contributed by atoms with E-state index < -0.39 is 6.09 Å². The number of carboxylic acid groups (broad SMARTS) is 1. The van der Waals surface area contributed by atoms with E-state index in [-0.39, 0.29) is 6.10 Å². The number of piperidine rings is 1. The number of nitrogens with zero attached hydrogens (tertiary/aromatic N) is 3. The molecule has 7 nitrogen and oxygen atoms in total. The second-order valence-corrected chi connectivity index (χ2v) is 7.08. The van der Waals surface area contributed by atoms with Gasteiger partial charge in [0.15, 0.2) is 0 Å². The summed E-state index contributed by atoms with van der Waals surface area (Å²) in [5.41, 5.74) is 3.70. The molecule has 0 aliphatic carbocycles. The second-order valence-electron chi connectivity index (χ2n) is 7.08. The Kier molecular flexibility index (Phi) is 5.20. The van der Waals surface area contributed by atoms with E-state index in [9.17, 15) is 4.79 Å². The number of carbonyl (C=O) groups is 1. The van der Waals surface area contributed by atoms with Gasteiger partial charge < -0.3 is 19.5 Å². The van der Waals surface area contributed by atoms with Crippen LogP contribution in [-0.4, -0.2) is 52.4 Å². The lowest BCUT2D eigenvalue weighted by atomic mass is 10.0. The lowest BCUT2D eigenvalue weighted by Gasteiger charge is -2.30. The topological polar surface area (TPSA) is 84.8 Å². The molecule has 1 aliphatic rings. The van der Waals surface area contributed by atoms with Gasteiger partial charge in [-0.15, -0.1) is 0 Å². The van der Waals surface area contributed by atoms with Gasteiger partial charge in [0.05, 0.1) is 12.6 Å². The van der Waals surface area contributed by atoms with Crippen molar-refractivity contribution in [1.29, 1.82) is 0 Å². The SMILES string of the molecule is COc1ccc(-c2cccc3c(OC4CCN(C(=O)O)CC4)ccnc23)c(C)n1. The predicted molar refractivity (Wildman–Crippen MR) is 110 cm³/mol. The normalized spacial score (nSPS) is 14.8. The lowest BCUT2D eigenvalue weighted by Crippen LogP contribution is -2.41. The minimum Gasteiger partial charge on any atom is -0.490 e. The highest BCUT2D eigenvalue weighted by Crippen LogP contribution is 2.34. The number of aryl methyl sites for hydroxylation is 1. The van der Waals surface area contributed by atoms with E-state index in [1.807, 2.05) is 43.3 Å². The number of likely N-dealkylation sites (tertiary alicyclic amines) is 1. The van der Waals surface area contributed by atoms with E-state index in [4.69, 9.17) is 14.6 Å². The minimum atomic E-state index is -0.870. The van der Waals surface area contributed by atoms with Crippen LogP contribution in [0.25, 0.3) is 22.0 Å².